The summed E-state index contributed by atoms with van der Waals surface area (Å²) < 4.78 is 11.0. The van der Waals surface area contributed by atoms with E-state index >= 15 is 0 Å². The second-order valence-corrected chi connectivity index (χ2v) is 6.89. The van der Waals surface area contributed by atoms with Gasteiger partial charge in [0.2, 0.25) is 0 Å². The third-order valence-corrected chi connectivity index (χ3v) is 3.83. The van der Waals surface area contributed by atoms with Gasteiger partial charge >= 0.3 is 6.09 Å². The third-order valence-electron chi connectivity index (χ3n) is 3.03. The highest BCUT2D eigenvalue weighted by Crippen LogP contribution is 2.35. The Bertz CT molecular complexity index is 522. The highest BCUT2D eigenvalue weighted by atomic mass is 35.5. The molecule has 2 rings (SSSR count). The van der Waals surface area contributed by atoms with Gasteiger partial charge in [0.25, 0.3) is 0 Å². The SMILES string of the molecule is CC(C)(C)OC(=O)NC1CC(Oc2cccc(Cl)c2Cl)C1. The van der Waals surface area contributed by atoms with E-state index in [2.05, 4.69) is 5.32 Å². The first-order valence-corrected chi connectivity index (χ1v) is 7.60. The lowest BCUT2D eigenvalue weighted by atomic mass is 9.89. The fourth-order valence-corrected chi connectivity index (χ4v) is 2.34. The van der Waals surface area contributed by atoms with Crippen molar-refractivity contribution < 1.29 is 14.3 Å². The maximum Gasteiger partial charge on any atom is 0.407 e. The fraction of sp³-hybridized carbons (Fsp3) is 0.533. The van der Waals surface area contributed by atoms with Gasteiger partial charge in [0.1, 0.15) is 22.5 Å². The lowest BCUT2D eigenvalue weighted by Crippen LogP contribution is -2.50. The monoisotopic (exact) mass is 331 g/mol. The smallest absolute Gasteiger partial charge is 0.407 e. The molecule has 0 spiro atoms. The molecule has 0 unspecified atom stereocenters. The second-order valence-electron chi connectivity index (χ2n) is 6.11. The summed E-state index contributed by atoms with van der Waals surface area (Å²) in [5.41, 5.74) is -0.488. The molecule has 0 saturated heterocycles. The Kier molecular flexibility index (Phi) is 4.89. The van der Waals surface area contributed by atoms with Gasteiger partial charge in [0.15, 0.2) is 0 Å². The molecule has 1 aromatic carbocycles. The zero-order valence-corrected chi connectivity index (χ0v) is 13.8. The summed E-state index contributed by atoms with van der Waals surface area (Å²) in [5.74, 6) is 0.574. The summed E-state index contributed by atoms with van der Waals surface area (Å²) in [6, 6.07) is 5.36. The van der Waals surface area contributed by atoms with Crippen LogP contribution in [-0.4, -0.2) is 23.8 Å². The molecule has 1 N–H and O–H groups in total. The Morgan fingerprint density at radius 3 is 2.57 bits per heavy atom. The van der Waals surface area contributed by atoms with Crippen LogP contribution in [0.2, 0.25) is 10.0 Å². The minimum absolute atomic E-state index is 0.0286. The summed E-state index contributed by atoms with van der Waals surface area (Å²) in [7, 11) is 0. The van der Waals surface area contributed by atoms with Crippen molar-refractivity contribution in [2.75, 3.05) is 0 Å². The van der Waals surface area contributed by atoms with E-state index in [0.29, 0.717) is 15.8 Å². The topological polar surface area (TPSA) is 47.6 Å². The zero-order valence-electron chi connectivity index (χ0n) is 12.3. The molecule has 0 radical (unpaired) electrons. The zero-order chi connectivity index (χ0) is 15.6. The minimum atomic E-state index is -0.488. The number of carbonyl (C=O) groups excluding carboxylic acids is 1. The molecule has 1 aromatic rings. The molecule has 0 bridgehead atoms. The lowest BCUT2D eigenvalue weighted by Gasteiger charge is -2.36. The van der Waals surface area contributed by atoms with E-state index in [1.54, 1.807) is 18.2 Å². The van der Waals surface area contributed by atoms with Crippen LogP contribution < -0.4 is 10.1 Å². The highest BCUT2D eigenvalue weighted by molar-refractivity contribution is 6.42. The van der Waals surface area contributed by atoms with Crippen LogP contribution in [0, 0.1) is 0 Å². The van der Waals surface area contributed by atoms with E-state index in [0.717, 1.165) is 12.8 Å². The number of alkyl carbamates (subject to hydrolysis) is 1. The fourth-order valence-electron chi connectivity index (χ4n) is 2.01. The van der Waals surface area contributed by atoms with Gasteiger partial charge in [0, 0.05) is 18.9 Å². The Morgan fingerprint density at radius 1 is 1.29 bits per heavy atom. The molecular weight excluding hydrogens is 313 g/mol. The van der Waals surface area contributed by atoms with Crippen molar-refractivity contribution in [3.63, 3.8) is 0 Å². The average Bonchev–Trinajstić information content (AvgIpc) is 2.29. The molecule has 4 nitrogen and oxygen atoms in total. The van der Waals surface area contributed by atoms with Gasteiger partial charge in [-0.15, -0.1) is 0 Å². The summed E-state index contributed by atoms with van der Waals surface area (Å²) in [6.45, 7) is 5.50. The second kappa shape index (κ2) is 6.32. The molecule has 1 aliphatic carbocycles. The van der Waals surface area contributed by atoms with Crippen molar-refractivity contribution in [1.82, 2.24) is 5.32 Å². The molecule has 21 heavy (non-hydrogen) atoms. The van der Waals surface area contributed by atoms with E-state index in [1.807, 2.05) is 20.8 Å². The van der Waals surface area contributed by atoms with Crippen molar-refractivity contribution in [1.29, 1.82) is 0 Å². The van der Waals surface area contributed by atoms with Gasteiger partial charge in [-0.05, 0) is 32.9 Å². The molecule has 116 valence electrons. The Balaban J connectivity index is 1.77. The Morgan fingerprint density at radius 2 is 1.95 bits per heavy atom. The first kappa shape index (κ1) is 16.2. The third kappa shape index (κ3) is 4.68. The molecule has 0 aliphatic heterocycles. The van der Waals surface area contributed by atoms with Crippen molar-refractivity contribution in [3.8, 4) is 5.75 Å². The molecule has 1 aliphatic rings. The van der Waals surface area contributed by atoms with Crippen molar-refractivity contribution in [2.45, 2.75) is 51.4 Å². The van der Waals surface area contributed by atoms with Crippen LogP contribution in [0.1, 0.15) is 33.6 Å². The van der Waals surface area contributed by atoms with Crippen LogP contribution >= 0.6 is 23.2 Å². The number of rotatable bonds is 3. The Labute approximate surface area is 134 Å². The average molecular weight is 332 g/mol. The predicted molar refractivity (Wildman–Crippen MR) is 83.3 cm³/mol. The number of hydrogen-bond acceptors (Lipinski definition) is 3. The van der Waals surface area contributed by atoms with E-state index < -0.39 is 11.7 Å². The Hall–Kier alpha value is -1.13. The van der Waals surface area contributed by atoms with Crippen molar-refractivity contribution in [2.24, 2.45) is 0 Å². The molecule has 0 aromatic heterocycles. The van der Waals surface area contributed by atoms with Crippen molar-refractivity contribution in [3.05, 3.63) is 28.2 Å². The van der Waals surface area contributed by atoms with Crippen molar-refractivity contribution >= 4 is 29.3 Å². The maximum atomic E-state index is 11.6. The summed E-state index contributed by atoms with van der Waals surface area (Å²) in [5, 5.41) is 3.70. The summed E-state index contributed by atoms with van der Waals surface area (Å²) in [6.07, 6.45) is 1.08. The standard InChI is InChI=1S/C15H19Cl2NO3/c1-15(2,3)21-14(19)18-9-7-10(8-9)20-12-6-4-5-11(16)13(12)17/h4-6,9-10H,7-8H2,1-3H3,(H,18,19). The molecule has 1 fully saturated rings. The summed E-state index contributed by atoms with van der Waals surface area (Å²) >= 11 is 12.0. The number of amides is 1. The van der Waals surface area contributed by atoms with Gasteiger partial charge in [-0.25, -0.2) is 4.79 Å². The van der Waals surface area contributed by atoms with Crippen LogP contribution in [0.25, 0.3) is 0 Å². The lowest BCUT2D eigenvalue weighted by molar-refractivity contribution is 0.0363. The van der Waals surface area contributed by atoms with Crippen LogP contribution in [0.3, 0.4) is 0 Å². The number of hydrogen-bond donors (Lipinski definition) is 1. The van der Waals surface area contributed by atoms with Gasteiger partial charge in [-0.1, -0.05) is 29.3 Å². The molecule has 0 atom stereocenters. The molecular formula is C15H19Cl2NO3. The predicted octanol–water partition coefficient (Wildman–Crippen LogP) is 4.43. The minimum Gasteiger partial charge on any atom is -0.489 e. The number of ether oxygens (including phenoxy) is 2. The largest absolute Gasteiger partial charge is 0.489 e. The first-order chi connectivity index (χ1) is 9.74. The molecule has 1 amide bonds. The van der Waals surface area contributed by atoms with E-state index in [1.165, 1.54) is 0 Å². The van der Waals surface area contributed by atoms with Gasteiger partial charge < -0.3 is 14.8 Å². The van der Waals surface area contributed by atoms with Crippen LogP contribution in [0.5, 0.6) is 5.75 Å². The van der Waals surface area contributed by atoms with E-state index in [9.17, 15) is 4.79 Å². The molecule has 1 saturated carbocycles. The van der Waals surface area contributed by atoms with Gasteiger partial charge in [-0.2, -0.15) is 0 Å². The van der Waals surface area contributed by atoms with Crippen LogP contribution in [0.4, 0.5) is 4.79 Å². The summed E-state index contributed by atoms with van der Waals surface area (Å²) in [4.78, 5) is 11.6. The maximum absolute atomic E-state index is 11.6. The number of carbonyl (C=O) groups is 1. The van der Waals surface area contributed by atoms with Crippen LogP contribution in [-0.2, 0) is 4.74 Å². The first-order valence-electron chi connectivity index (χ1n) is 6.85. The number of halogens is 2. The van der Waals surface area contributed by atoms with Crippen LogP contribution in [0.15, 0.2) is 18.2 Å². The van der Waals surface area contributed by atoms with Gasteiger partial charge in [-0.3, -0.25) is 0 Å². The number of nitrogens with one attached hydrogen (secondary N) is 1. The van der Waals surface area contributed by atoms with Gasteiger partial charge in [0.05, 0.1) is 5.02 Å². The molecule has 6 heteroatoms. The van der Waals surface area contributed by atoms with E-state index in [-0.39, 0.29) is 12.1 Å². The molecule has 0 heterocycles. The quantitative estimate of drug-likeness (QED) is 0.891. The van der Waals surface area contributed by atoms with E-state index in [4.69, 9.17) is 32.7 Å². The highest BCUT2D eigenvalue weighted by Gasteiger charge is 2.33. The number of benzene rings is 1. The normalized spacial score (nSPS) is 21.4.